The smallest absolute Gasteiger partial charge is 0.00450 e. The highest BCUT2D eigenvalue weighted by atomic mass is 14.9. The Bertz CT molecular complexity index is 203. The molecule has 15 heavy (non-hydrogen) atoms. The van der Waals surface area contributed by atoms with Gasteiger partial charge in [0.1, 0.15) is 0 Å². The molecule has 0 heterocycles. The van der Waals surface area contributed by atoms with Gasteiger partial charge in [0.15, 0.2) is 0 Å². The minimum Gasteiger partial charge on any atom is -0.328 e. The molecular formula is C13H26N2. The maximum atomic E-state index is 5.78. The summed E-state index contributed by atoms with van der Waals surface area (Å²) in [6.45, 7) is 7.19. The van der Waals surface area contributed by atoms with Gasteiger partial charge < -0.3 is 11.1 Å². The van der Waals surface area contributed by atoms with Gasteiger partial charge in [0.2, 0.25) is 0 Å². The first-order chi connectivity index (χ1) is 7.08. The van der Waals surface area contributed by atoms with Crippen LogP contribution in [-0.2, 0) is 0 Å². The molecule has 2 aliphatic carbocycles. The van der Waals surface area contributed by atoms with Crippen LogP contribution in [0.1, 0.15) is 46.0 Å². The lowest BCUT2D eigenvalue weighted by Crippen LogP contribution is -2.45. The zero-order valence-electron chi connectivity index (χ0n) is 10.3. The summed E-state index contributed by atoms with van der Waals surface area (Å²) >= 11 is 0. The molecule has 0 atom stereocenters. The van der Waals surface area contributed by atoms with Crippen LogP contribution in [0, 0.1) is 17.3 Å². The Morgan fingerprint density at radius 3 is 2.40 bits per heavy atom. The molecule has 2 heteroatoms. The fourth-order valence-corrected chi connectivity index (χ4v) is 2.89. The van der Waals surface area contributed by atoms with Crippen molar-refractivity contribution in [3.05, 3.63) is 0 Å². The monoisotopic (exact) mass is 210 g/mol. The molecule has 2 saturated carbocycles. The summed E-state index contributed by atoms with van der Waals surface area (Å²) in [5.41, 5.74) is 6.28. The van der Waals surface area contributed by atoms with Gasteiger partial charge in [0.25, 0.3) is 0 Å². The fourth-order valence-electron chi connectivity index (χ4n) is 2.89. The largest absolute Gasteiger partial charge is 0.328 e. The molecular weight excluding hydrogens is 184 g/mol. The average Bonchev–Trinajstić information content (AvgIpc) is 1.96. The molecule has 0 aromatic rings. The standard InChI is InChI=1S/C13H26N2/c1-13(2,11-4-3-5-11)9-15-8-10-6-12(14)7-10/h10-12,15H,3-9,14H2,1-2H3. The second kappa shape index (κ2) is 4.42. The van der Waals surface area contributed by atoms with Gasteiger partial charge in [-0.3, -0.25) is 0 Å². The SMILES string of the molecule is CC(C)(CNCC1CC(N)C1)C1CCC1. The van der Waals surface area contributed by atoms with E-state index in [0.717, 1.165) is 11.8 Å². The van der Waals surface area contributed by atoms with Crippen LogP contribution in [0.15, 0.2) is 0 Å². The zero-order valence-corrected chi connectivity index (χ0v) is 10.3. The van der Waals surface area contributed by atoms with Crippen molar-refractivity contribution < 1.29 is 0 Å². The Morgan fingerprint density at radius 1 is 1.27 bits per heavy atom. The molecule has 0 saturated heterocycles. The third-order valence-electron chi connectivity index (χ3n) is 4.50. The van der Waals surface area contributed by atoms with Gasteiger partial charge in [0, 0.05) is 12.6 Å². The van der Waals surface area contributed by atoms with Crippen molar-refractivity contribution in [3.63, 3.8) is 0 Å². The molecule has 0 amide bonds. The first kappa shape index (κ1) is 11.4. The third-order valence-corrected chi connectivity index (χ3v) is 4.50. The van der Waals surface area contributed by atoms with E-state index >= 15 is 0 Å². The lowest BCUT2D eigenvalue weighted by atomic mass is 9.67. The average molecular weight is 210 g/mol. The Hall–Kier alpha value is -0.0800. The molecule has 2 rings (SSSR count). The Labute approximate surface area is 94.0 Å². The highest BCUT2D eigenvalue weighted by Crippen LogP contribution is 2.41. The van der Waals surface area contributed by atoms with E-state index in [1.165, 1.54) is 45.2 Å². The second-order valence-electron chi connectivity index (χ2n) is 6.34. The summed E-state index contributed by atoms with van der Waals surface area (Å²) < 4.78 is 0. The van der Waals surface area contributed by atoms with Gasteiger partial charge in [-0.1, -0.05) is 20.3 Å². The van der Waals surface area contributed by atoms with Crippen molar-refractivity contribution in [2.24, 2.45) is 23.0 Å². The molecule has 0 aromatic heterocycles. The number of rotatable bonds is 5. The Morgan fingerprint density at radius 2 is 1.93 bits per heavy atom. The van der Waals surface area contributed by atoms with Crippen LogP contribution in [0.5, 0.6) is 0 Å². The molecule has 3 N–H and O–H groups in total. The summed E-state index contributed by atoms with van der Waals surface area (Å²) in [5.74, 6) is 1.82. The maximum Gasteiger partial charge on any atom is 0.00450 e. The van der Waals surface area contributed by atoms with Crippen molar-refractivity contribution in [1.29, 1.82) is 0 Å². The van der Waals surface area contributed by atoms with E-state index in [1.54, 1.807) is 0 Å². The van der Waals surface area contributed by atoms with Crippen molar-refractivity contribution in [2.45, 2.75) is 52.0 Å². The first-order valence-corrected chi connectivity index (χ1v) is 6.54. The molecule has 88 valence electrons. The third kappa shape index (κ3) is 2.73. The molecule has 2 aliphatic rings. The highest BCUT2D eigenvalue weighted by molar-refractivity contribution is 4.88. The van der Waals surface area contributed by atoms with Crippen LogP contribution >= 0.6 is 0 Å². The molecule has 0 spiro atoms. The molecule has 0 radical (unpaired) electrons. The van der Waals surface area contributed by atoms with Crippen molar-refractivity contribution in [2.75, 3.05) is 13.1 Å². The normalized spacial score (nSPS) is 32.2. The van der Waals surface area contributed by atoms with Gasteiger partial charge in [-0.25, -0.2) is 0 Å². The summed E-state index contributed by atoms with van der Waals surface area (Å²) in [5, 5.41) is 3.64. The molecule has 0 unspecified atom stereocenters. The van der Waals surface area contributed by atoms with Crippen LogP contribution in [0.2, 0.25) is 0 Å². The number of nitrogens with two attached hydrogens (primary N) is 1. The van der Waals surface area contributed by atoms with Crippen LogP contribution in [0.25, 0.3) is 0 Å². The van der Waals surface area contributed by atoms with Crippen molar-refractivity contribution >= 4 is 0 Å². The maximum absolute atomic E-state index is 5.78. The van der Waals surface area contributed by atoms with E-state index in [4.69, 9.17) is 5.73 Å². The number of hydrogen-bond donors (Lipinski definition) is 2. The molecule has 0 aliphatic heterocycles. The minimum absolute atomic E-state index is 0.497. The van der Waals surface area contributed by atoms with Crippen LogP contribution in [-0.4, -0.2) is 19.1 Å². The summed E-state index contributed by atoms with van der Waals surface area (Å²) in [6.07, 6.45) is 6.81. The first-order valence-electron chi connectivity index (χ1n) is 6.54. The van der Waals surface area contributed by atoms with Crippen LogP contribution in [0.4, 0.5) is 0 Å². The van der Waals surface area contributed by atoms with E-state index < -0.39 is 0 Å². The highest BCUT2D eigenvalue weighted by Gasteiger charge is 2.34. The minimum atomic E-state index is 0.497. The van der Waals surface area contributed by atoms with E-state index in [2.05, 4.69) is 19.2 Å². The lowest BCUT2D eigenvalue weighted by molar-refractivity contribution is 0.114. The summed E-state index contributed by atoms with van der Waals surface area (Å²) in [4.78, 5) is 0. The number of hydrogen-bond acceptors (Lipinski definition) is 2. The summed E-state index contributed by atoms with van der Waals surface area (Å²) in [7, 11) is 0. The number of nitrogens with one attached hydrogen (secondary N) is 1. The van der Waals surface area contributed by atoms with Gasteiger partial charge in [-0.2, -0.15) is 0 Å². The Balaban J connectivity index is 1.60. The van der Waals surface area contributed by atoms with Crippen LogP contribution < -0.4 is 11.1 Å². The molecule has 0 aromatic carbocycles. The quantitative estimate of drug-likeness (QED) is 0.729. The molecule has 2 nitrogen and oxygen atoms in total. The lowest BCUT2D eigenvalue weighted by Gasteiger charge is -2.41. The van der Waals surface area contributed by atoms with Crippen molar-refractivity contribution in [1.82, 2.24) is 5.32 Å². The topological polar surface area (TPSA) is 38.0 Å². The van der Waals surface area contributed by atoms with Gasteiger partial charge in [-0.05, 0) is 49.5 Å². The fraction of sp³-hybridized carbons (Fsp3) is 1.00. The van der Waals surface area contributed by atoms with E-state index in [9.17, 15) is 0 Å². The van der Waals surface area contributed by atoms with Crippen LogP contribution in [0.3, 0.4) is 0 Å². The predicted molar refractivity (Wildman–Crippen MR) is 64.7 cm³/mol. The predicted octanol–water partition coefficient (Wildman–Crippen LogP) is 2.14. The summed E-state index contributed by atoms with van der Waals surface area (Å²) in [6, 6.07) is 0.497. The second-order valence-corrected chi connectivity index (χ2v) is 6.34. The Kier molecular flexibility index (Phi) is 3.36. The van der Waals surface area contributed by atoms with E-state index in [-0.39, 0.29) is 0 Å². The van der Waals surface area contributed by atoms with E-state index in [0.29, 0.717) is 11.5 Å². The van der Waals surface area contributed by atoms with E-state index in [1.807, 2.05) is 0 Å². The molecule has 2 fully saturated rings. The van der Waals surface area contributed by atoms with Gasteiger partial charge in [-0.15, -0.1) is 0 Å². The van der Waals surface area contributed by atoms with Gasteiger partial charge >= 0.3 is 0 Å². The van der Waals surface area contributed by atoms with Gasteiger partial charge in [0.05, 0.1) is 0 Å². The molecule has 0 bridgehead atoms. The zero-order chi connectivity index (χ0) is 10.9. The van der Waals surface area contributed by atoms with Crippen molar-refractivity contribution in [3.8, 4) is 0 Å².